The summed E-state index contributed by atoms with van der Waals surface area (Å²) >= 11 is 0. The Morgan fingerprint density at radius 1 is 1.00 bits per heavy atom. The Labute approximate surface area is 182 Å². The van der Waals surface area contributed by atoms with Crippen LogP contribution in [0.3, 0.4) is 0 Å². The average Bonchev–Trinajstić information content (AvgIpc) is 3.56. The van der Waals surface area contributed by atoms with Crippen molar-refractivity contribution in [3.8, 4) is 28.7 Å². The molecule has 0 aliphatic rings. The molecule has 3 aromatic heterocycles. The smallest absolute Gasteiger partial charge is 0.280 e. The third kappa shape index (κ3) is 3.81. The zero-order valence-corrected chi connectivity index (χ0v) is 17.2. The predicted octanol–water partition coefficient (Wildman–Crippen LogP) is 4.12. The van der Waals surface area contributed by atoms with E-state index in [2.05, 4.69) is 25.0 Å². The van der Waals surface area contributed by atoms with Crippen LogP contribution in [0.4, 0.5) is 4.39 Å². The number of methoxy groups -OCH3 is 1. The lowest BCUT2D eigenvalue weighted by Crippen LogP contribution is -2.06. The largest absolute Gasteiger partial charge is 0.378 e. The van der Waals surface area contributed by atoms with E-state index < -0.39 is 5.82 Å². The van der Waals surface area contributed by atoms with E-state index in [0.717, 1.165) is 17.7 Å². The highest BCUT2D eigenvalue weighted by atomic mass is 19.1. The van der Waals surface area contributed by atoms with E-state index in [0.29, 0.717) is 17.2 Å². The van der Waals surface area contributed by atoms with Crippen LogP contribution in [0.2, 0.25) is 0 Å². The molecule has 0 N–H and O–H groups in total. The minimum absolute atomic E-state index is 0.141. The molecule has 2 aromatic carbocycles. The Kier molecular flexibility index (Phi) is 5.30. The van der Waals surface area contributed by atoms with Gasteiger partial charge in [0.2, 0.25) is 5.82 Å². The minimum atomic E-state index is -0.424. The van der Waals surface area contributed by atoms with Crippen LogP contribution in [-0.2, 0) is 17.9 Å². The second-order valence-corrected chi connectivity index (χ2v) is 7.16. The van der Waals surface area contributed by atoms with Crippen molar-refractivity contribution in [1.82, 2.24) is 29.7 Å². The van der Waals surface area contributed by atoms with Crippen LogP contribution in [0, 0.1) is 5.82 Å². The SMILES string of the molecule is COCc1c(-c2nc(-c3ccc(Cn4cccc4)cc3)no2)nnn1-c1ccccc1F. The summed E-state index contributed by atoms with van der Waals surface area (Å²) in [5.74, 6) is 0.190. The summed E-state index contributed by atoms with van der Waals surface area (Å²) < 4.78 is 28.5. The maximum absolute atomic E-state index is 14.3. The highest BCUT2D eigenvalue weighted by molar-refractivity contribution is 5.59. The van der Waals surface area contributed by atoms with Gasteiger partial charge in [0.25, 0.3) is 5.89 Å². The van der Waals surface area contributed by atoms with Gasteiger partial charge < -0.3 is 13.8 Å². The van der Waals surface area contributed by atoms with Gasteiger partial charge in [0.15, 0.2) is 5.69 Å². The van der Waals surface area contributed by atoms with Gasteiger partial charge in [-0.3, -0.25) is 0 Å². The normalized spacial score (nSPS) is 11.2. The van der Waals surface area contributed by atoms with Crippen LogP contribution in [0.25, 0.3) is 28.7 Å². The van der Waals surface area contributed by atoms with Crippen LogP contribution < -0.4 is 0 Å². The van der Waals surface area contributed by atoms with Crippen molar-refractivity contribution >= 4 is 0 Å². The molecule has 0 spiro atoms. The summed E-state index contributed by atoms with van der Waals surface area (Å²) in [7, 11) is 1.54. The number of rotatable bonds is 7. The number of benzene rings is 2. The van der Waals surface area contributed by atoms with Crippen LogP contribution >= 0.6 is 0 Å². The third-order valence-electron chi connectivity index (χ3n) is 5.00. The summed E-state index contributed by atoms with van der Waals surface area (Å²) in [4.78, 5) is 4.48. The Morgan fingerprint density at radius 2 is 1.78 bits per heavy atom. The fraction of sp³-hybridized carbons (Fsp3) is 0.130. The highest BCUT2D eigenvalue weighted by Gasteiger charge is 2.22. The first kappa shape index (κ1) is 19.8. The lowest BCUT2D eigenvalue weighted by molar-refractivity contribution is 0.179. The molecule has 0 amide bonds. The first-order chi connectivity index (χ1) is 15.7. The number of hydrogen-bond acceptors (Lipinski definition) is 6. The summed E-state index contributed by atoms with van der Waals surface area (Å²) in [5, 5.41) is 12.3. The number of para-hydroxylation sites is 1. The first-order valence-corrected chi connectivity index (χ1v) is 9.95. The molecule has 0 saturated heterocycles. The molecule has 0 atom stereocenters. The van der Waals surface area contributed by atoms with Gasteiger partial charge in [-0.15, -0.1) is 5.10 Å². The Bertz CT molecular complexity index is 1330. The third-order valence-corrected chi connectivity index (χ3v) is 5.00. The van der Waals surface area contributed by atoms with Crippen LogP contribution in [0.1, 0.15) is 11.3 Å². The first-order valence-electron chi connectivity index (χ1n) is 9.95. The van der Waals surface area contributed by atoms with E-state index in [1.165, 1.54) is 17.9 Å². The molecule has 5 aromatic rings. The summed E-state index contributed by atoms with van der Waals surface area (Å²) in [6.45, 7) is 0.923. The number of aromatic nitrogens is 6. The lowest BCUT2D eigenvalue weighted by atomic mass is 10.1. The Morgan fingerprint density at radius 3 is 2.53 bits per heavy atom. The van der Waals surface area contributed by atoms with Crippen LogP contribution in [0.5, 0.6) is 0 Å². The molecule has 0 saturated carbocycles. The van der Waals surface area contributed by atoms with Crippen molar-refractivity contribution < 1.29 is 13.7 Å². The van der Waals surface area contributed by atoms with E-state index in [1.54, 1.807) is 18.2 Å². The van der Waals surface area contributed by atoms with E-state index in [-0.39, 0.29) is 18.2 Å². The van der Waals surface area contributed by atoms with Crippen LogP contribution in [-0.4, -0.2) is 36.8 Å². The Hall–Kier alpha value is -4.11. The summed E-state index contributed by atoms with van der Waals surface area (Å²) in [6.07, 6.45) is 4.04. The Balaban J connectivity index is 1.44. The van der Waals surface area contributed by atoms with E-state index in [4.69, 9.17) is 9.26 Å². The molecule has 160 valence electrons. The molecule has 0 fully saturated rings. The van der Waals surface area contributed by atoms with Gasteiger partial charge in [-0.25, -0.2) is 9.07 Å². The monoisotopic (exact) mass is 430 g/mol. The second kappa shape index (κ2) is 8.56. The minimum Gasteiger partial charge on any atom is -0.378 e. The molecule has 3 heterocycles. The van der Waals surface area contributed by atoms with Gasteiger partial charge in [0.1, 0.15) is 17.2 Å². The van der Waals surface area contributed by atoms with Gasteiger partial charge in [-0.2, -0.15) is 4.98 Å². The zero-order chi connectivity index (χ0) is 21.9. The molecule has 5 rings (SSSR count). The van der Waals surface area contributed by atoms with Crippen molar-refractivity contribution in [1.29, 1.82) is 0 Å². The summed E-state index contributed by atoms with van der Waals surface area (Å²) in [6, 6.07) is 18.2. The molecule has 0 aliphatic carbocycles. The molecule has 0 aliphatic heterocycles. The molecule has 8 nitrogen and oxygen atoms in total. The number of hydrogen-bond donors (Lipinski definition) is 0. The molecule has 0 bridgehead atoms. The van der Waals surface area contributed by atoms with Gasteiger partial charge >= 0.3 is 0 Å². The maximum atomic E-state index is 14.3. The van der Waals surface area contributed by atoms with E-state index in [9.17, 15) is 4.39 Å². The van der Waals surface area contributed by atoms with Gasteiger partial charge in [-0.1, -0.05) is 46.8 Å². The molecular formula is C23H19FN6O2. The summed E-state index contributed by atoms with van der Waals surface area (Å²) in [5.41, 5.74) is 3.08. The second-order valence-electron chi connectivity index (χ2n) is 7.16. The van der Waals surface area contributed by atoms with Crippen molar-refractivity contribution in [2.24, 2.45) is 0 Å². The fourth-order valence-corrected chi connectivity index (χ4v) is 3.43. The predicted molar refractivity (Wildman–Crippen MR) is 114 cm³/mol. The van der Waals surface area contributed by atoms with Gasteiger partial charge in [0.05, 0.1) is 6.61 Å². The zero-order valence-electron chi connectivity index (χ0n) is 17.2. The van der Waals surface area contributed by atoms with Crippen molar-refractivity contribution in [2.45, 2.75) is 13.2 Å². The molecule has 9 heteroatoms. The topological polar surface area (TPSA) is 83.8 Å². The maximum Gasteiger partial charge on any atom is 0.280 e. The fourth-order valence-electron chi connectivity index (χ4n) is 3.43. The van der Waals surface area contributed by atoms with E-state index >= 15 is 0 Å². The lowest BCUT2D eigenvalue weighted by Gasteiger charge is -2.06. The average molecular weight is 430 g/mol. The molecule has 0 unspecified atom stereocenters. The standard InChI is InChI=1S/C23H19FN6O2/c1-31-15-20-21(26-28-30(20)19-7-3-2-6-18(19)24)23-25-22(27-32-23)17-10-8-16(9-11-17)14-29-12-4-5-13-29/h2-13H,14-15H2,1H3. The van der Waals surface area contributed by atoms with Gasteiger partial charge in [-0.05, 0) is 29.8 Å². The highest BCUT2D eigenvalue weighted by Crippen LogP contribution is 2.26. The molecule has 32 heavy (non-hydrogen) atoms. The van der Waals surface area contributed by atoms with Crippen molar-refractivity contribution in [3.63, 3.8) is 0 Å². The van der Waals surface area contributed by atoms with Gasteiger partial charge in [0, 0.05) is 31.6 Å². The number of ether oxygens (including phenoxy) is 1. The van der Waals surface area contributed by atoms with E-state index in [1.807, 2.05) is 48.8 Å². The number of halogens is 1. The van der Waals surface area contributed by atoms with Crippen molar-refractivity contribution in [2.75, 3.05) is 7.11 Å². The van der Waals surface area contributed by atoms with Crippen molar-refractivity contribution in [3.05, 3.63) is 90.1 Å². The van der Waals surface area contributed by atoms with Crippen LogP contribution in [0.15, 0.2) is 77.6 Å². The number of nitrogens with zero attached hydrogens (tertiary/aromatic N) is 6. The molecular weight excluding hydrogens is 411 g/mol. The molecule has 0 radical (unpaired) electrons. The quantitative estimate of drug-likeness (QED) is 0.386.